The van der Waals surface area contributed by atoms with Crippen molar-refractivity contribution in [3.8, 4) is 6.07 Å². The van der Waals surface area contributed by atoms with E-state index in [1.807, 2.05) is 18.2 Å². The summed E-state index contributed by atoms with van der Waals surface area (Å²) in [7, 11) is 0. The molecule has 0 radical (unpaired) electrons. The minimum Gasteiger partial charge on any atom is -0.321 e. The highest BCUT2D eigenvalue weighted by molar-refractivity contribution is 9.10. The Morgan fingerprint density at radius 1 is 1.06 bits per heavy atom. The predicted octanol–water partition coefficient (Wildman–Crippen LogP) is 6.82. The van der Waals surface area contributed by atoms with E-state index in [0.717, 1.165) is 4.47 Å². The van der Waals surface area contributed by atoms with E-state index in [2.05, 4.69) is 21.2 Å². The lowest BCUT2D eigenvalue weighted by Gasteiger charge is -2.18. The molecule has 0 spiro atoms. The number of thioether (sulfide) groups is 1. The number of nitriles is 1. The number of halogens is 3. The molecule has 1 N–H and O–H groups in total. The third-order valence-electron chi connectivity index (χ3n) is 5.06. The number of rotatable bonds is 5. The van der Waals surface area contributed by atoms with Gasteiger partial charge in [-0.2, -0.15) is 5.26 Å². The van der Waals surface area contributed by atoms with E-state index in [9.17, 15) is 14.9 Å². The molecule has 0 aliphatic carbocycles. The van der Waals surface area contributed by atoms with Crippen molar-refractivity contribution in [2.75, 3.05) is 10.2 Å². The number of anilines is 2. The zero-order chi connectivity index (χ0) is 24.2. The molecule has 4 rings (SSSR count). The summed E-state index contributed by atoms with van der Waals surface area (Å²) < 4.78 is 0.860. The van der Waals surface area contributed by atoms with Gasteiger partial charge in [0.25, 0.3) is 5.91 Å². The summed E-state index contributed by atoms with van der Waals surface area (Å²) in [6, 6.07) is 23.2. The van der Waals surface area contributed by atoms with Crippen molar-refractivity contribution in [2.45, 2.75) is 11.7 Å². The standard InChI is InChI=1S/C25H16BrCl2N3O2S/c26-16-9-11-17(12-10-16)30-23(32)19(14-29)25-31(18-6-2-1-3-7-18)24(33)21(34-25)13-15-5-4-8-20(27)22(15)28/h1-12,21H,13H2,(H,30,32). The highest BCUT2D eigenvalue weighted by atomic mass is 79.9. The van der Waals surface area contributed by atoms with Crippen LogP contribution in [0.5, 0.6) is 0 Å². The largest absolute Gasteiger partial charge is 0.321 e. The predicted molar refractivity (Wildman–Crippen MR) is 141 cm³/mol. The lowest BCUT2D eigenvalue weighted by Crippen LogP contribution is -2.30. The molecule has 0 saturated carbocycles. The Morgan fingerprint density at radius 2 is 1.76 bits per heavy atom. The quantitative estimate of drug-likeness (QED) is 0.269. The second-order valence-corrected chi connectivity index (χ2v) is 10.2. The average molecular weight is 573 g/mol. The van der Waals surface area contributed by atoms with Crippen molar-refractivity contribution in [1.29, 1.82) is 5.26 Å². The third-order valence-corrected chi connectivity index (χ3v) is 7.71. The maximum atomic E-state index is 13.5. The first kappa shape index (κ1) is 24.4. The first-order chi connectivity index (χ1) is 16.4. The van der Waals surface area contributed by atoms with Gasteiger partial charge in [-0.05, 0) is 54.4 Å². The number of hydrogen-bond acceptors (Lipinski definition) is 4. The number of nitrogens with one attached hydrogen (secondary N) is 1. The van der Waals surface area contributed by atoms with Gasteiger partial charge in [0, 0.05) is 15.8 Å². The van der Waals surface area contributed by atoms with Crippen LogP contribution in [0, 0.1) is 11.3 Å². The Balaban J connectivity index is 1.72. The summed E-state index contributed by atoms with van der Waals surface area (Å²) in [6.07, 6.45) is 0.294. The van der Waals surface area contributed by atoms with Gasteiger partial charge in [-0.25, -0.2) is 0 Å². The van der Waals surface area contributed by atoms with Crippen LogP contribution in [0.15, 0.2) is 87.9 Å². The molecule has 1 fully saturated rings. The molecule has 5 nitrogen and oxygen atoms in total. The Bertz CT molecular complexity index is 1320. The average Bonchev–Trinajstić information content (AvgIpc) is 3.15. The lowest BCUT2D eigenvalue weighted by molar-refractivity contribution is -0.117. The third kappa shape index (κ3) is 5.16. The Labute approximate surface area is 219 Å². The number of carbonyl (C=O) groups excluding carboxylic acids is 2. The highest BCUT2D eigenvalue weighted by Crippen LogP contribution is 2.43. The first-order valence-electron chi connectivity index (χ1n) is 10.1. The number of carbonyl (C=O) groups is 2. The Hall–Kier alpha value is -2.76. The van der Waals surface area contributed by atoms with E-state index in [4.69, 9.17) is 23.2 Å². The summed E-state index contributed by atoms with van der Waals surface area (Å²) >= 11 is 17.0. The fourth-order valence-corrected chi connectivity index (χ4v) is 5.39. The van der Waals surface area contributed by atoms with Crippen molar-refractivity contribution in [2.24, 2.45) is 0 Å². The molecule has 3 aromatic carbocycles. The second kappa shape index (κ2) is 10.7. The number of para-hydroxylation sites is 1. The fraction of sp³-hybridized carbons (Fsp3) is 0.0800. The maximum absolute atomic E-state index is 13.5. The Morgan fingerprint density at radius 3 is 2.44 bits per heavy atom. The molecule has 2 amide bonds. The van der Waals surface area contributed by atoms with Crippen molar-refractivity contribution in [3.05, 3.63) is 103 Å². The molecule has 3 aromatic rings. The second-order valence-electron chi connectivity index (χ2n) is 7.29. The molecular formula is C25H16BrCl2N3O2S. The van der Waals surface area contributed by atoms with Gasteiger partial charge in [-0.3, -0.25) is 14.5 Å². The van der Waals surface area contributed by atoms with Crippen molar-refractivity contribution >= 4 is 74.1 Å². The maximum Gasteiger partial charge on any atom is 0.269 e. The molecule has 1 aliphatic heterocycles. The van der Waals surface area contributed by atoms with Gasteiger partial charge >= 0.3 is 0 Å². The minimum absolute atomic E-state index is 0.148. The molecular weight excluding hydrogens is 557 g/mol. The van der Waals surface area contributed by atoms with Gasteiger partial charge < -0.3 is 5.32 Å². The highest BCUT2D eigenvalue weighted by Gasteiger charge is 2.41. The van der Waals surface area contributed by atoms with Crippen LogP contribution in [0.3, 0.4) is 0 Å². The molecule has 1 heterocycles. The van der Waals surface area contributed by atoms with Gasteiger partial charge in [-0.1, -0.05) is 81.2 Å². The van der Waals surface area contributed by atoms with Gasteiger partial charge in [0.05, 0.1) is 15.3 Å². The summed E-state index contributed by atoms with van der Waals surface area (Å²) in [5.41, 5.74) is 1.67. The fourth-order valence-electron chi connectivity index (χ4n) is 3.43. The van der Waals surface area contributed by atoms with Crippen LogP contribution in [-0.2, 0) is 16.0 Å². The topological polar surface area (TPSA) is 73.2 Å². The SMILES string of the molecule is N#CC(C(=O)Nc1ccc(Br)cc1)=C1SC(Cc2cccc(Cl)c2Cl)C(=O)N1c1ccccc1. The van der Waals surface area contributed by atoms with Gasteiger partial charge in [0.2, 0.25) is 5.91 Å². The molecule has 34 heavy (non-hydrogen) atoms. The van der Waals surface area contributed by atoms with Crippen LogP contribution in [0.1, 0.15) is 5.56 Å². The van der Waals surface area contributed by atoms with Gasteiger partial charge in [0.15, 0.2) is 0 Å². The number of nitrogens with zero attached hydrogens (tertiary/aromatic N) is 2. The van der Waals surface area contributed by atoms with Crippen LogP contribution in [-0.4, -0.2) is 17.1 Å². The summed E-state index contributed by atoms with van der Waals surface area (Å²) in [5.74, 6) is -0.839. The summed E-state index contributed by atoms with van der Waals surface area (Å²) in [6.45, 7) is 0. The molecule has 1 unspecified atom stereocenters. The van der Waals surface area contributed by atoms with Crippen molar-refractivity contribution < 1.29 is 9.59 Å². The van der Waals surface area contributed by atoms with Crippen molar-refractivity contribution in [1.82, 2.24) is 0 Å². The number of amides is 2. The number of benzene rings is 3. The minimum atomic E-state index is -0.595. The normalized spacial score (nSPS) is 16.8. The molecule has 0 aromatic heterocycles. The summed E-state index contributed by atoms with van der Waals surface area (Å²) in [5, 5.41) is 13.1. The Kier molecular flexibility index (Phi) is 7.64. The molecule has 1 atom stereocenters. The molecule has 9 heteroatoms. The molecule has 1 aliphatic rings. The van der Waals surface area contributed by atoms with Gasteiger partial charge in [-0.15, -0.1) is 0 Å². The van der Waals surface area contributed by atoms with Crippen molar-refractivity contribution in [3.63, 3.8) is 0 Å². The smallest absolute Gasteiger partial charge is 0.269 e. The lowest BCUT2D eigenvalue weighted by atomic mass is 10.1. The van der Waals surface area contributed by atoms with Crippen LogP contribution in [0.25, 0.3) is 0 Å². The van der Waals surface area contributed by atoms with Gasteiger partial charge in [0.1, 0.15) is 16.7 Å². The first-order valence-corrected chi connectivity index (χ1v) is 12.5. The van der Waals surface area contributed by atoms with E-state index in [1.165, 1.54) is 16.7 Å². The van der Waals surface area contributed by atoms with E-state index in [0.29, 0.717) is 33.4 Å². The van der Waals surface area contributed by atoms with E-state index < -0.39 is 11.2 Å². The van der Waals surface area contributed by atoms with E-state index in [-0.39, 0.29) is 16.5 Å². The van der Waals surface area contributed by atoms with Crippen LogP contribution >= 0.6 is 50.9 Å². The zero-order valence-electron chi connectivity index (χ0n) is 17.5. The number of hydrogen-bond donors (Lipinski definition) is 1. The molecule has 170 valence electrons. The zero-order valence-corrected chi connectivity index (χ0v) is 21.4. The van der Waals surface area contributed by atoms with Crippen LogP contribution < -0.4 is 10.2 Å². The molecule has 1 saturated heterocycles. The van der Waals surface area contributed by atoms with E-state index in [1.54, 1.807) is 60.7 Å². The monoisotopic (exact) mass is 571 g/mol. The molecule has 0 bridgehead atoms. The van der Waals surface area contributed by atoms with E-state index >= 15 is 0 Å². The summed E-state index contributed by atoms with van der Waals surface area (Å²) in [4.78, 5) is 28.0. The van der Waals surface area contributed by atoms with Crippen LogP contribution in [0.2, 0.25) is 10.0 Å². The van der Waals surface area contributed by atoms with Crippen LogP contribution in [0.4, 0.5) is 11.4 Å².